The van der Waals surface area contributed by atoms with E-state index in [-0.39, 0.29) is 13.2 Å². The third-order valence-corrected chi connectivity index (χ3v) is 1.51. The van der Waals surface area contributed by atoms with Crippen molar-refractivity contribution in [3.05, 3.63) is 50.6 Å². The molecule has 0 aliphatic heterocycles. The van der Waals surface area contributed by atoms with E-state index >= 15 is 0 Å². The Labute approximate surface area is 157 Å². The van der Waals surface area contributed by atoms with Crippen LogP contribution in [0.4, 0.5) is 0 Å². The van der Waals surface area contributed by atoms with Crippen LogP contribution >= 0.6 is 0 Å². The molecule has 0 bridgehead atoms. The number of carboxylic acids is 4. The SMILES string of the molecule is C=CC(=O)O.C=CC(=O)O.C=CC(=O)O.C=CC(=O)O.OCCCCCO. The molecule has 0 amide bonds. The molecule has 0 saturated heterocycles. The monoisotopic (exact) mass is 392 g/mol. The van der Waals surface area contributed by atoms with Crippen molar-refractivity contribution in [2.75, 3.05) is 13.2 Å². The van der Waals surface area contributed by atoms with Gasteiger partial charge in [-0.2, -0.15) is 0 Å². The first-order chi connectivity index (χ1) is 12.5. The van der Waals surface area contributed by atoms with Crippen LogP contribution in [0.2, 0.25) is 0 Å². The number of carboxylic acid groups (broad SMARTS) is 4. The van der Waals surface area contributed by atoms with Crippen LogP contribution in [0.15, 0.2) is 50.6 Å². The summed E-state index contributed by atoms with van der Waals surface area (Å²) in [4.78, 5) is 37.0. The first-order valence-corrected chi connectivity index (χ1v) is 7.13. The lowest BCUT2D eigenvalue weighted by molar-refractivity contribution is -0.132. The van der Waals surface area contributed by atoms with Crippen LogP contribution in [-0.2, 0) is 19.2 Å². The predicted octanol–water partition coefficient (Wildman–Crippen LogP) is 1.17. The summed E-state index contributed by atoms with van der Waals surface area (Å²) in [5.41, 5.74) is 0. The van der Waals surface area contributed by atoms with E-state index in [4.69, 9.17) is 30.6 Å². The van der Waals surface area contributed by atoms with Gasteiger partial charge in [0, 0.05) is 37.5 Å². The van der Waals surface area contributed by atoms with Gasteiger partial charge in [-0.1, -0.05) is 26.3 Å². The van der Waals surface area contributed by atoms with Crippen LogP contribution in [0.1, 0.15) is 19.3 Å². The molecule has 0 aromatic rings. The quantitative estimate of drug-likeness (QED) is 0.258. The van der Waals surface area contributed by atoms with E-state index in [1.807, 2.05) is 0 Å². The molecule has 0 atom stereocenters. The van der Waals surface area contributed by atoms with Gasteiger partial charge in [0.15, 0.2) is 0 Å². The maximum atomic E-state index is 9.25. The van der Waals surface area contributed by atoms with E-state index in [1.165, 1.54) is 0 Å². The second kappa shape index (κ2) is 34.2. The Morgan fingerprint density at radius 3 is 0.741 bits per heavy atom. The van der Waals surface area contributed by atoms with Gasteiger partial charge >= 0.3 is 23.9 Å². The minimum absolute atomic E-state index is 0.250. The second-order valence-electron chi connectivity index (χ2n) is 3.68. The molecular formula is C17H28O10. The van der Waals surface area contributed by atoms with Crippen LogP contribution < -0.4 is 0 Å². The average molecular weight is 392 g/mol. The highest BCUT2D eigenvalue weighted by Crippen LogP contribution is 1.90. The number of rotatable bonds is 8. The number of hydrogen-bond donors (Lipinski definition) is 6. The van der Waals surface area contributed by atoms with E-state index in [0.29, 0.717) is 0 Å². The number of hydrogen-bond acceptors (Lipinski definition) is 6. The van der Waals surface area contributed by atoms with Gasteiger partial charge in [-0.3, -0.25) is 0 Å². The Morgan fingerprint density at radius 1 is 0.519 bits per heavy atom. The minimum Gasteiger partial charge on any atom is -0.478 e. The molecule has 10 nitrogen and oxygen atoms in total. The van der Waals surface area contributed by atoms with E-state index < -0.39 is 23.9 Å². The van der Waals surface area contributed by atoms with Crippen molar-refractivity contribution >= 4 is 23.9 Å². The highest BCUT2D eigenvalue weighted by atomic mass is 16.4. The van der Waals surface area contributed by atoms with Gasteiger partial charge in [0.05, 0.1) is 0 Å². The molecule has 0 fully saturated rings. The minimum atomic E-state index is -0.981. The molecule has 27 heavy (non-hydrogen) atoms. The summed E-state index contributed by atoms with van der Waals surface area (Å²) in [6.07, 6.45) is 5.91. The van der Waals surface area contributed by atoms with Gasteiger partial charge in [0.2, 0.25) is 0 Å². The first-order valence-electron chi connectivity index (χ1n) is 7.13. The van der Waals surface area contributed by atoms with Crippen LogP contribution in [0.5, 0.6) is 0 Å². The number of aliphatic hydroxyl groups is 2. The molecule has 10 heteroatoms. The van der Waals surface area contributed by atoms with Gasteiger partial charge in [-0.05, 0) is 19.3 Å². The smallest absolute Gasteiger partial charge is 0.327 e. The van der Waals surface area contributed by atoms with E-state index in [2.05, 4.69) is 26.3 Å². The summed E-state index contributed by atoms with van der Waals surface area (Å²) < 4.78 is 0. The van der Waals surface area contributed by atoms with Crippen molar-refractivity contribution in [3.8, 4) is 0 Å². The number of unbranched alkanes of at least 4 members (excludes halogenated alkanes) is 2. The third kappa shape index (κ3) is 128. The topological polar surface area (TPSA) is 190 Å². The second-order valence-corrected chi connectivity index (χ2v) is 3.68. The van der Waals surface area contributed by atoms with Gasteiger partial charge < -0.3 is 30.6 Å². The summed E-state index contributed by atoms with van der Waals surface area (Å²) in [5.74, 6) is -3.93. The van der Waals surface area contributed by atoms with Crippen molar-refractivity contribution in [2.24, 2.45) is 0 Å². The van der Waals surface area contributed by atoms with Gasteiger partial charge in [0.1, 0.15) is 0 Å². The Bertz CT molecular complexity index is 365. The number of carbonyl (C=O) groups is 4. The maximum absolute atomic E-state index is 9.25. The van der Waals surface area contributed by atoms with Crippen LogP contribution in [0, 0.1) is 0 Å². The zero-order valence-corrected chi connectivity index (χ0v) is 15.0. The summed E-state index contributed by atoms with van der Waals surface area (Å²) in [7, 11) is 0. The number of aliphatic carboxylic acids is 4. The molecule has 0 aromatic heterocycles. The molecule has 0 rings (SSSR count). The van der Waals surface area contributed by atoms with Crippen molar-refractivity contribution < 1.29 is 49.8 Å². The summed E-state index contributed by atoms with van der Waals surface area (Å²) in [6, 6.07) is 0. The average Bonchev–Trinajstić information content (AvgIpc) is 2.63. The Kier molecular flexibility index (Phi) is 44.3. The maximum Gasteiger partial charge on any atom is 0.327 e. The zero-order chi connectivity index (χ0) is 22.7. The normalized spacial score (nSPS) is 7.19. The molecular weight excluding hydrogens is 364 g/mol. The Hall–Kier alpha value is -3.24. The first kappa shape index (κ1) is 35.0. The van der Waals surface area contributed by atoms with Gasteiger partial charge in [-0.25, -0.2) is 19.2 Å². The molecule has 6 N–H and O–H groups in total. The van der Waals surface area contributed by atoms with Crippen LogP contribution in [0.3, 0.4) is 0 Å². The van der Waals surface area contributed by atoms with Crippen LogP contribution in [-0.4, -0.2) is 67.7 Å². The summed E-state index contributed by atoms with van der Waals surface area (Å²) in [6.45, 7) is 12.3. The molecule has 0 unspecified atom stereocenters. The third-order valence-electron chi connectivity index (χ3n) is 1.51. The van der Waals surface area contributed by atoms with Gasteiger partial charge in [-0.15, -0.1) is 0 Å². The fourth-order valence-electron chi connectivity index (χ4n) is 0.400. The van der Waals surface area contributed by atoms with Crippen molar-refractivity contribution in [1.29, 1.82) is 0 Å². The molecule has 0 heterocycles. The van der Waals surface area contributed by atoms with E-state index in [1.54, 1.807) is 0 Å². The molecule has 0 aliphatic rings. The fraction of sp³-hybridized carbons (Fsp3) is 0.294. The van der Waals surface area contributed by atoms with E-state index in [0.717, 1.165) is 43.6 Å². The molecule has 0 spiro atoms. The predicted molar refractivity (Wildman–Crippen MR) is 99.4 cm³/mol. The highest BCUT2D eigenvalue weighted by Gasteiger charge is 1.81. The molecule has 0 aliphatic carbocycles. The lowest BCUT2D eigenvalue weighted by atomic mass is 10.2. The lowest BCUT2D eigenvalue weighted by Crippen LogP contribution is -1.85. The summed E-state index contributed by atoms with van der Waals surface area (Å²) in [5, 5.41) is 46.8. The molecule has 0 saturated carbocycles. The van der Waals surface area contributed by atoms with Crippen LogP contribution in [0.25, 0.3) is 0 Å². The lowest BCUT2D eigenvalue weighted by Gasteiger charge is -1.90. The summed E-state index contributed by atoms with van der Waals surface area (Å²) >= 11 is 0. The van der Waals surface area contributed by atoms with Crippen molar-refractivity contribution in [1.82, 2.24) is 0 Å². The number of aliphatic hydroxyl groups excluding tert-OH is 2. The molecule has 156 valence electrons. The van der Waals surface area contributed by atoms with Crippen molar-refractivity contribution in [3.63, 3.8) is 0 Å². The molecule has 0 radical (unpaired) electrons. The standard InChI is InChI=1S/C5H12O2.4C3H4O2/c6-4-2-1-3-5-7;4*1-2-3(4)5/h6-7H,1-5H2;4*2H,1H2,(H,4,5). The van der Waals surface area contributed by atoms with E-state index in [9.17, 15) is 19.2 Å². The largest absolute Gasteiger partial charge is 0.478 e. The Balaban J connectivity index is -0.0000000753. The molecule has 0 aromatic carbocycles. The Morgan fingerprint density at radius 2 is 0.667 bits per heavy atom. The highest BCUT2D eigenvalue weighted by molar-refractivity contribution is 5.79. The zero-order valence-electron chi connectivity index (χ0n) is 15.0. The van der Waals surface area contributed by atoms with Gasteiger partial charge in [0.25, 0.3) is 0 Å². The fourth-order valence-corrected chi connectivity index (χ4v) is 0.400. The van der Waals surface area contributed by atoms with Crippen molar-refractivity contribution in [2.45, 2.75) is 19.3 Å².